The molecule has 0 saturated carbocycles. The molecule has 0 aliphatic carbocycles. The van der Waals surface area contributed by atoms with E-state index in [-0.39, 0.29) is 0 Å². The molecule has 4 heteroatoms. The molecule has 4 rings (SSSR count). The molecule has 0 amide bonds. The van der Waals surface area contributed by atoms with Gasteiger partial charge in [0.05, 0.1) is 15.8 Å². The van der Waals surface area contributed by atoms with Crippen molar-refractivity contribution in [3.63, 3.8) is 0 Å². The summed E-state index contributed by atoms with van der Waals surface area (Å²) < 4.78 is 1.11. The average Bonchev–Trinajstić information content (AvgIpc) is 3.11. The Morgan fingerprint density at radius 3 is 2.52 bits per heavy atom. The molecule has 2 heterocycles. The highest BCUT2D eigenvalue weighted by Crippen LogP contribution is 2.28. The third kappa shape index (κ3) is 3.42. The average molecular weight is 345 g/mol. The second kappa shape index (κ2) is 7.08. The first kappa shape index (κ1) is 15.9. The fourth-order valence-electron chi connectivity index (χ4n) is 3.23. The maximum Gasteiger partial charge on any atom is 0.135 e. The van der Waals surface area contributed by atoms with Gasteiger partial charge in [0, 0.05) is 18.8 Å². The fourth-order valence-corrected chi connectivity index (χ4v) is 4.16. The Labute approximate surface area is 151 Å². The highest BCUT2D eigenvalue weighted by Gasteiger charge is 2.11. The van der Waals surface area contributed by atoms with E-state index in [0.29, 0.717) is 5.57 Å². The van der Waals surface area contributed by atoms with E-state index < -0.39 is 0 Å². The van der Waals surface area contributed by atoms with Crippen LogP contribution in [-0.2, 0) is 0 Å². The first-order valence-corrected chi connectivity index (χ1v) is 9.48. The van der Waals surface area contributed by atoms with Crippen LogP contribution < -0.4 is 4.90 Å². The molecule has 0 atom stereocenters. The summed E-state index contributed by atoms with van der Waals surface area (Å²) >= 11 is 1.56. The molecule has 25 heavy (non-hydrogen) atoms. The Hall–Kier alpha value is -2.64. The number of aromatic nitrogens is 1. The molecule has 0 radical (unpaired) electrons. The van der Waals surface area contributed by atoms with Crippen molar-refractivity contribution in [2.24, 2.45) is 0 Å². The Balaban J connectivity index is 1.60. The van der Waals surface area contributed by atoms with Crippen LogP contribution in [0.25, 0.3) is 21.9 Å². The third-order valence-electron chi connectivity index (χ3n) is 4.57. The van der Waals surface area contributed by atoms with Gasteiger partial charge in [-0.15, -0.1) is 11.3 Å². The summed E-state index contributed by atoms with van der Waals surface area (Å²) in [6.07, 6.45) is 5.82. The lowest BCUT2D eigenvalue weighted by Gasteiger charge is -2.28. The van der Waals surface area contributed by atoms with Crippen molar-refractivity contribution >= 4 is 38.9 Å². The van der Waals surface area contributed by atoms with Crippen LogP contribution >= 0.6 is 11.3 Å². The number of hydrogen-bond donors (Lipinski definition) is 0. The third-order valence-corrected chi connectivity index (χ3v) is 5.64. The molecule has 1 saturated heterocycles. The van der Waals surface area contributed by atoms with Crippen molar-refractivity contribution in [3.05, 3.63) is 59.1 Å². The molecule has 3 nitrogen and oxygen atoms in total. The molecule has 124 valence electrons. The number of para-hydroxylation sites is 1. The molecule has 1 aromatic heterocycles. The monoisotopic (exact) mass is 345 g/mol. The second-order valence-corrected chi connectivity index (χ2v) is 7.33. The van der Waals surface area contributed by atoms with E-state index in [1.807, 2.05) is 30.3 Å². The lowest BCUT2D eigenvalue weighted by molar-refractivity contribution is 0.578. The van der Waals surface area contributed by atoms with Crippen molar-refractivity contribution in [1.82, 2.24) is 4.98 Å². The molecule has 1 fully saturated rings. The maximum absolute atomic E-state index is 9.56. The zero-order valence-electron chi connectivity index (χ0n) is 14.0. The number of fused-ring (bicyclic) bond motifs is 1. The van der Waals surface area contributed by atoms with Crippen LogP contribution in [0.4, 0.5) is 5.69 Å². The predicted molar refractivity (Wildman–Crippen MR) is 106 cm³/mol. The molecule has 1 aliphatic rings. The molecule has 1 aliphatic heterocycles. The van der Waals surface area contributed by atoms with Crippen molar-refractivity contribution in [1.29, 1.82) is 5.26 Å². The van der Waals surface area contributed by atoms with E-state index in [0.717, 1.165) is 33.9 Å². The highest BCUT2D eigenvalue weighted by molar-refractivity contribution is 7.19. The number of hydrogen-bond acceptors (Lipinski definition) is 4. The first-order chi connectivity index (χ1) is 12.3. The molecule has 0 bridgehead atoms. The van der Waals surface area contributed by atoms with Crippen LogP contribution in [0.5, 0.6) is 0 Å². The van der Waals surface area contributed by atoms with Gasteiger partial charge >= 0.3 is 0 Å². The molecule has 0 spiro atoms. The number of nitriles is 1. The number of thiazole rings is 1. The standard InChI is InChI=1S/C21H19N3S/c22-15-17(21-23-19-6-2-3-7-20(19)25-21)14-16-8-10-18(11-9-16)24-12-4-1-5-13-24/h2-3,6-11,14H,1,4-5,12-13H2/b17-14+. The van der Waals surface area contributed by atoms with Crippen LogP contribution in [0.3, 0.4) is 0 Å². The van der Waals surface area contributed by atoms with Crippen LogP contribution in [0, 0.1) is 11.3 Å². The predicted octanol–water partition coefficient (Wildman–Crippen LogP) is 5.35. The topological polar surface area (TPSA) is 39.9 Å². The first-order valence-electron chi connectivity index (χ1n) is 8.66. The van der Waals surface area contributed by atoms with Gasteiger partial charge in [0.1, 0.15) is 11.1 Å². The summed E-state index contributed by atoms with van der Waals surface area (Å²) in [5.41, 5.74) is 3.88. The minimum Gasteiger partial charge on any atom is -0.372 e. The Morgan fingerprint density at radius 2 is 1.80 bits per heavy atom. The highest BCUT2D eigenvalue weighted by atomic mass is 32.1. The van der Waals surface area contributed by atoms with E-state index in [4.69, 9.17) is 0 Å². The van der Waals surface area contributed by atoms with Crippen molar-refractivity contribution < 1.29 is 0 Å². The van der Waals surface area contributed by atoms with E-state index in [9.17, 15) is 5.26 Å². The normalized spacial score (nSPS) is 15.3. The van der Waals surface area contributed by atoms with Crippen molar-refractivity contribution in [2.45, 2.75) is 19.3 Å². The number of benzene rings is 2. The number of piperidine rings is 1. The van der Waals surface area contributed by atoms with E-state index >= 15 is 0 Å². The lowest BCUT2D eigenvalue weighted by atomic mass is 10.1. The lowest BCUT2D eigenvalue weighted by Crippen LogP contribution is -2.29. The molecule has 0 unspecified atom stereocenters. The Morgan fingerprint density at radius 1 is 1.04 bits per heavy atom. The maximum atomic E-state index is 9.56. The zero-order chi connectivity index (χ0) is 17.1. The summed E-state index contributed by atoms with van der Waals surface area (Å²) in [6, 6.07) is 18.8. The van der Waals surface area contributed by atoms with Gasteiger partial charge in [-0.2, -0.15) is 5.26 Å². The summed E-state index contributed by atoms with van der Waals surface area (Å²) in [4.78, 5) is 7.03. The van der Waals surface area contributed by atoms with Gasteiger partial charge in [0.15, 0.2) is 0 Å². The molecular weight excluding hydrogens is 326 g/mol. The summed E-state index contributed by atoms with van der Waals surface area (Å²) in [5, 5.41) is 10.3. The van der Waals surface area contributed by atoms with Gasteiger partial charge in [0.25, 0.3) is 0 Å². The van der Waals surface area contributed by atoms with Gasteiger partial charge < -0.3 is 4.90 Å². The van der Waals surface area contributed by atoms with Crippen LogP contribution in [-0.4, -0.2) is 18.1 Å². The molecule has 3 aromatic rings. The summed E-state index contributed by atoms with van der Waals surface area (Å²) in [5.74, 6) is 0. The molecule has 0 N–H and O–H groups in total. The molecule has 2 aromatic carbocycles. The van der Waals surface area contributed by atoms with Crippen LogP contribution in [0.15, 0.2) is 48.5 Å². The minimum atomic E-state index is 0.618. The number of nitrogens with zero attached hydrogens (tertiary/aromatic N) is 3. The Kier molecular flexibility index (Phi) is 4.49. The van der Waals surface area contributed by atoms with Gasteiger partial charge in [-0.1, -0.05) is 24.3 Å². The van der Waals surface area contributed by atoms with Crippen molar-refractivity contribution in [3.8, 4) is 6.07 Å². The number of anilines is 1. The van der Waals surface area contributed by atoms with Crippen molar-refractivity contribution in [2.75, 3.05) is 18.0 Å². The van der Waals surface area contributed by atoms with Gasteiger partial charge in [-0.3, -0.25) is 0 Å². The van der Waals surface area contributed by atoms with Gasteiger partial charge in [-0.25, -0.2) is 4.98 Å². The Bertz CT molecular complexity index is 908. The van der Waals surface area contributed by atoms with Gasteiger partial charge in [0.2, 0.25) is 0 Å². The van der Waals surface area contributed by atoms with Crippen LogP contribution in [0.1, 0.15) is 29.8 Å². The zero-order valence-corrected chi connectivity index (χ0v) is 14.8. The number of rotatable bonds is 3. The van der Waals surface area contributed by atoms with Gasteiger partial charge in [-0.05, 0) is 55.2 Å². The largest absolute Gasteiger partial charge is 0.372 e. The summed E-state index contributed by atoms with van der Waals surface area (Å²) in [6.45, 7) is 2.29. The SMILES string of the molecule is N#C/C(=C\c1ccc(N2CCCCC2)cc1)c1nc2ccccc2s1. The fraction of sp³-hybridized carbons (Fsp3) is 0.238. The quantitative estimate of drug-likeness (QED) is 0.601. The smallest absolute Gasteiger partial charge is 0.135 e. The summed E-state index contributed by atoms with van der Waals surface area (Å²) in [7, 11) is 0. The van der Waals surface area contributed by atoms with Crippen LogP contribution in [0.2, 0.25) is 0 Å². The molecular formula is C21H19N3S. The van der Waals surface area contributed by atoms with E-state index in [2.05, 4.69) is 40.2 Å². The van der Waals surface area contributed by atoms with E-state index in [1.54, 1.807) is 11.3 Å². The minimum absolute atomic E-state index is 0.618. The number of allylic oxidation sites excluding steroid dienone is 1. The second-order valence-electron chi connectivity index (χ2n) is 6.30. The van der Waals surface area contributed by atoms with E-state index in [1.165, 1.54) is 24.9 Å².